The van der Waals surface area contributed by atoms with E-state index < -0.39 is 17.7 Å². The number of thiophene rings is 1. The van der Waals surface area contributed by atoms with Crippen LogP contribution in [0.5, 0.6) is 0 Å². The minimum Gasteiger partial charge on any atom is -0.271 e. The summed E-state index contributed by atoms with van der Waals surface area (Å²) in [5.74, 6) is 3.69. The van der Waals surface area contributed by atoms with E-state index in [-0.39, 0.29) is 11.1 Å². The maximum atomic E-state index is 13.9. The highest BCUT2D eigenvalue weighted by atomic mass is 35.5. The standard InChI is InChI=1S/C12H11ClF2N2S/c1-6-2-3-7(11(15)10(6)14)12(17-16)8-4-5-9(13)18-8/h2-5,12,17H,16H2,1H3. The first-order chi connectivity index (χ1) is 8.54. The number of aryl methyl sites for hydroxylation is 1. The van der Waals surface area contributed by atoms with Gasteiger partial charge < -0.3 is 0 Å². The molecule has 0 bridgehead atoms. The van der Waals surface area contributed by atoms with E-state index in [1.807, 2.05) is 0 Å². The van der Waals surface area contributed by atoms with Crippen LogP contribution in [0.1, 0.15) is 22.0 Å². The first-order valence-electron chi connectivity index (χ1n) is 5.20. The molecule has 0 radical (unpaired) electrons. The Morgan fingerprint density at radius 2 is 1.94 bits per heavy atom. The topological polar surface area (TPSA) is 38.0 Å². The number of halogens is 3. The Morgan fingerprint density at radius 3 is 2.50 bits per heavy atom. The van der Waals surface area contributed by atoms with Crippen molar-refractivity contribution in [2.45, 2.75) is 13.0 Å². The summed E-state index contributed by atoms with van der Waals surface area (Å²) in [4.78, 5) is 0.727. The van der Waals surface area contributed by atoms with Crippen LogP contribution in [-0.2, 0) is 0 Å². The third kappa shape index (κ3) is 2.40. The van der Waals surface area contributed by atoms with Crippen molar-refractivity contribution in [3.63, 3.8) is 0 Å². The fourth-order valence-corrected chi connectivity index (χ4v) is 2.83. The molecule has 0 aliphatic carbocycles. The van der Waals surface area contributed by atoms with Gasteiger partial charge in [-0.05, 0) is 24.6 Å². The summed E-state index contributed by atoms with van der Waals surface area (Å²) in [6.07, 6.45) is 0. The average Bonchev–Trinajstić information content (AvgIpc) is 2.77. The third-order valence-corrected chi connectivity index (χ3v) is 3.96. The first-order valence-corrected chi connectivity index (χ1v) is 6.40. The van der Waals surface area contributed by atoms with Gasteiger partial charge in [-0.15, -0.1) is 11.3 Å². The zero-order chi connectivity index (χ0) is 13.3. The molecule has 0 amide bonds. The molecule has 2 aromatic rings. The average molecular weight is 289 g/mol. The molecular formula is C12H11ClF2N2S. The van der Waals surface area contributed by atoms with Gasteiger partial charge in [0, 0.05) is 10.4 Å². The molecule has 0 saturated carbocycles. The monoisotopic (exact) mass is 288 g/mol. The third-order valence-electron chi connectivity index (χ3n) is 2.66. The fraction of sp³-hybridized carbons (Fsp3) is 0.167. The lowest BCUT2D eigenvalue weighted by molar-refractivity contribution is 0.480. The van der Waals surface area contributed by atoms with Gasteiger partial charge in [0.1, 0.15) is 0 Å². The SMILES string of the molecule is Cc1ccc(C(NN)c2ccc(Cl)s2)c(F)c1F. The minimum atomic E-state index is -0.887. The lowest BCUT2D eigenvalue weighted by Crippen LogP contribution is -2.29. The maximum Gasteiger partial charge on any atom is 0.164 e. The molecule has 0 fully saturated rings. The fourth-order valence-electron chi connectivity index (χ4n) is 1.69. The smallest absolute Gasteiger partial charge is 0.164 e. The molecule has 0 saturated heterocycles. The van der Waals surface area contributed by atoms with Gasteiger partial charge in [-0.3, -0.25) is 5.84 Å². The first kappa shape index (κ1) is 13.4. The minimum absolute atomic E-state index is 0.166. The second-order valence-electron chi connectivity index (χ2n) is 3.84. The van der Waals surface area contributed by atoms with Gasteiger partial charge in [-0.1, -0.05) is 23.7 Å². The van der Waals surface area contributed by atoms with Crippen molar-refractivity contribution in [2.24, 2.45) is 5.84 Å². The number of nitrogens with one attached hydrogen (secondary N) is 1. The number of nitrogens with two attached hydrogens (primary N) is 1. The summed E-state index contributed by atoms with van der Waals surface area (Å²) >= 11 is 7.10. The zero-order valence-electron chi connectivity index (χ0n) is 9.51. The molecule has 2 rings (SSSR count). The van der Waals surface area contributed by atoms with Crippen LogP contribution in [0.25, 0.3) is 0 Å². The van der Waals surface area contributed by atoms with Gasteiger partial charge in [0.2, 0.25) is 0 Å². The quantitative estimate of drug-likeness (QED) is 0.670. The van der Waals surface area contributed by atoms with Crippen LogP contribution < -0.4 is 11.3 Å². The summed E-state index contributed by atoms with van der Waals surface area (Å²) < 4.78 is 28.0. The summed E-state index contributed by atoms with van der Waals surface area (Å²) in [6.45, 7) is 1.51. The Morgan fingerprint density at radius 1 is 1.22 bits per heavy atom. The molecule has 0 aliphatic rings. The van der Waals surface area contributed by atoms with Crippen molar-refractivity contribution in [1.82, 2.24) is 5.43 Å². The van der Waals surface area contributed by atoms with E-state index in [1.165, 1.54) is 30.4 Å². The highest BCUT2D eigenvalue weighted by molar-refractivity contribution is 7.16. The predicted octanol–water partition coefficient (Wildman–Crippen LogP) is 3.54. The Kier molecular flexibility index (Phi) is 3.97. The number of benzene rings is 1. The summed E-state index contributed by atoms with van der Waals surface area (Å²) in [7, 11) is 0. The van der Waals surface area contributed by atoms with Crippen LogP contribution in [-0.4, -0.2) is 0 Å². The second kappa shape index (κ2) is 5.32. The van der Waals surface area contributed by atoms with Crippen molar-refractivity contribution < 1.29 is 8.78 Å². The van der Waals surface area contributed by atoms with Crippen LogP contribution in [0.2, 0.25) is 4.34 Å². The van der Waals surface area contributed by atoms with E-state index in [0.717, 1.165) is 4.88 Å². The van der Waals surface area contributed by atoms with Crippen LogP contribution in [0.4, 0.5) is 8.78 Å². The van der Waals surface area contributed by atoms with Crippen molar-refractivity contribution in [1.29, 1.82) is 0 Å². The van der Waals surface area contributed by atoms with Gasteiger partial charge in [-0.25, -0.2) is 14.2 Å². The van der Waals surface area contributed by atoms with Crippen LogP contribution in [0, 0.1) is 18.6 Å². The number of hydrazine groups is 1. The van der Waals surface area contributed by atoms with Crippen LogP contribution in [0.15, 0.2) is 24.3 Å². The van der Waals surface area contributed by atoms with E-state index in [4.69, 9.17) is 17.4 Å². The van der Waals surface area contributed by atoms with Crippen molar-refractivity contribution in [3.8, 4) is 0 Å². The number of rotatable bonds is 3. The van der Waals surface area contributed by atoms with E-state index in [1.54, 1.807) is 12.1 Å². The highest BCUT2D eigenvalue weighted by Gasteiger charge is 2.21. The molecule has 1 atom stereocenters. The Hall–Kier alpha value is -1.01. The summed E-state index contributed by atoms with van der Waals surface area (Å²) in [5, 5.41) is 0. The van der Waals surface area contributed by atoms with E-state index in [9.17, 15) is 8.78 Å². The van der Waals surface area contributed by atoms with Gasteiger partial charge in [-0.2, -0.15) is 0 Å². The molecule has 0 spiro atoms. The van der Waals surface area contributed by atoms with Crippen molar-refractivity contribution in [2.75, 3.05) is 0 Å². The normalized spacial score (nSPS) is 12.7. The molecule has 6 heteroatoms. The molecule has 1 aromatic carbocycles. The van der Waals surface area contributed by atoms with Crippen LogP contribution >= 0.6 is 22.9 Å². The zero-order valence-corrected chi connectivity index (χ0v) is 11.1. The van der Waals surface area contributed by atoms with Gasteiger partial charge in [0.25, 0.3) is 0 Å². The molecule has 0 aliphatic heterocycles. The molecule has 18 heavy (non-hydrogen) atoms. The summed E-state index contributed by atoms with van der Waals surface area (Å²) in [6, 6.07) is 5.85. The van der Waals surface area contributed by atoms with Gasteiger partial charge >= 0.3 is 0 Å². The number of hydrogen-bond donors (Lipinski definition) is 2. The molecule has 3 N–H and O–H groups in total. The van der Waals surface area contributed by atoms with Gasteiger partial charge in [0.15, 0.2) is 11.6 Å². The van der Waals surface area contributed by atoms with E-state index in [2.05, 4.69) is 5.43 Å². The Balaban J connectivity index is 2.49. The largest absolute Gasteiger partial charge is 0.271 e. The van der Waals surface area contributed by atoms with Crippen molar-refractivity contribution >= 4 is 22.9 Å². The van der Waals surface area contributed by atoms with Gasteiger partial charge in [0.05, 0.1) is 10.4 Å². The maximum absolute atomic E-state index is 13.9. The molecule has 96 valence electrons. The Labute approximate surface area is 112 Å². The second-order valence-corrected chi connectivity index (χ2v) is 5.59. The Bertz CT molecular complexity index is 571. The molecule has 1 aromatic heterocycles. The van der Waals surface area contributed by atoms with E-state index >= 15 is 0 Å². The molecule has 1 heterocycles. The highest BCUT2D eigenvalue weighted by Crippen LogP contribution is 2.32. The van der Waals surface area contributed by atoms with Crippen molar-refractivity contribution in [3.05, 3.63) is 56.2 Å². The lowest BCUT2D eigenvalue weighted by Gasteiger charge is -2.16. The lowest BCUT2D eigenvalue weighted by atomic mass is 10.0. The summed E-state index contributed by atoms with van der Waals surface area (Å²) in [5.41, 5.74) is 2.91. The predicted molar refractivity (Wildman–Crippen MR) is 69.6 cm³/mol. The molecular weight excluding hydrogens is 278 g/mol. The van der Waals surface area contributed by atoms with E-state index in [0.29, 0.717) is 4.34 Å². The van der Waals surface area contributed by atoms with Crippen LogP contribution in [0.3, 0.4) is 0 Å². The molecule has 2 nitrogen and oxygen atoms in total. The molecule has 1 unspecified atom stereocenters. The number of hydrogen-bond acceptors (Lipinski definition) is 3.